The molecular weight excluding hydrogens is 296 g/mol. The maximum atomic E-state index is 5.54. The first-order valence-electron chi connectivity index (χ1n) is 7.18. The second-order valence-electron chi connectivity index (χ2n) is 5.07. The number of aromatic nitrogens is 6. The molecule has 0 saturated heterocycles. The number of ether oxygens (including phenoxy) is 2. The van der Waals surface area contributed by atoms with E-state index < -0.39 is 0 Å². The molecule has 8 heteroatoms. The Morgan fingerprint density at radius 3 is 2.70 bits per heavy atom. The van der Waals surface area contributed by atoms with E-state index in [2.05, 4.69) is 20.5 Å². The number of hydrogen-bond acceptors (Lipinski definition) is 6. The lowest BCUT2D eigenvalue weighted by Crippen LogP contribution is -2.09. The van der Waals surface area contributed by atoms with Crippen LogP contribution in [0.3, 0.4) is 0 Å². The van der Waals surface area contributed by atoms with E-state index in [1.807, 2.05) is 29.8 Å². The highest BCUT2D eigenvalue weighted by Gasteiger charge is 2.17. The van der Waals surface area contributed by atoms with Crippen LogP contribution in [0.1, 0.15) is 5.56 Å². The van der Waals surface area contributed by atoms with Crippen LogP contribution in [0.4, 0.5) is 0 Å². The maximum Gasteiger partial charge on any atom is 0.171 e. The Bertz CT molecular complexity index is 781. The molecule has 0 amide bonds. The molecular formula is C15H18N6O2. The third kappa shape index (κ3) is 3.01. The molecule has 0 spiro atoms. The Morgan fingerprint density at radius 1 is 1.13 bits per heavy atom. The van der Waals surface area contributed by atoms with Crippen LogP contribution < -0.4 is 9.47 Å². The van der Waals surface area contributed by atoms with Gasteiger partial charge in [-0.25, -0.2) is 9.67 Å². The van der Waals surface area contributed by atoms with Crippen molar-refractivity contribution in [2.24, 2.45) is 0 Å². The second-order valence-corrected chi connectivity index (χ2v) is 5.07. The highest BCUT2D eigenvalue weighted by Crippen LogP contribution is 2.38. The molecule has 3 rings (SSSR count). The quantitative estimate of drug-likeness (QED) is 0.687. The summed E-state index contributed by atoms with van der Waals surface area (Å²) < 4.78 is 14.7. The van der Waals surface area contributed by atoms with Gasteiger partial charge in [-0.2, -0.15) is 0 Å². The van der Waals surface area contributed by atoms with E-state index in [0.717, 1.165) is 17.0 Å². The molecule has 23 heavy (non-hydrogen) atoms. The number of rotatable bonds is 6. The van der Waals surface area contributed by atoms with Crippen molar-refractivity contribution >= 4 is 0 Å². The van der Waals surface area contributed by atoms with Crippen LogP contribution in [0.25, 0.3) is 11.4 Å². The summed E-state index contributed by atoms with van der Waals surface area (Å²) in [4.78, 5) is 4.48. The molecule has 0 radical (unpaired) electrons. The van der Waals surface area contributed by atoms with Gasteiger partial charge in [-0.05, 0) is 35.0 Å². The molecule has 0 aliphatic rings. The van der Waals surface area contributed by atoms with Crippen LogP contribution >= 0.6 is 0 Å². The third-order valence-corrected chi connectivity index (χ3v) is 3.54. The van der Waals surface area contributed by atoms with Crippen molar-refractivity contribution in [2.45, 2.75) is 20.0 Å². The van der Waals surface area contributed by atoms with Gasteiger partial charge in [-0.3, -0.25) is 0 Å². The van der Waals surface area contributed by atoms with Gasteiger partial charge in [-0.1, -0.05) is 0 Å². The molecule has 2 aromatic heterocycles. The van der Waals surface area contributed by atoms with Crippen LogP contribution in [0, 0.1) is 6.92 Å². The van der Waals surface area contributed by atoms with Crippen molar-refractivity contribution in [2.75, 3.05) is 14.2 Å². The molecule has 8 nitrogen and oxygen atoms in total. The summed E-state index contributed by atoms with van der Waals surface area (Å²) in [7, 11) is 3.26. The minimum absolute atomic E-state index is 0.654. The van der Waals surface area contributed by atoms with E-state index >= 15 is 0 Å². The van der Waals surface area contributed by atoms with E-state index in [0.29, 0.717) is 24.6 Å². The molecule has 0 N–H and O–H groups in total. The molecule has 1 aromatic carbocycles. The van der Waals surface area contributed by atoms with Crippen molar-refractivity contribution in [3.63, 3.8) is 0 Å². The molecule has 0 aliphatic heterocycles. The van der Waals surface area contributed by atoms with Gasteiger partial charge >= 0.3 is 0 Å². The van der Waals surface area contributed by atoms with Crippen LogP contribution in [0.2, 0.25) is 0 Å². The topological polar surface area (TPSA) is 79.9 Å². The minimum atomic E-state index is 0.654. The normalized spacial score (nSPS) is 10.7. The zero-order valence-corrected chi connectivity index (χ0v) is 13.3. The second kappa shape index (κ2) is 6.47. The summed E-state index contributed by atoms with van der Waals surface area (Å²) in [5.74, 6) is 2.18. The van der Waals surface area contributed by atoms with Crippen molar-refractivity contribution in [1.29, 1.82) is 0 Å². The van der Waals surface area contributed by atoms with E-state index in [4.69, 9.17) is 9.47 Å². The Balaban J connectivity index is 1.96. The van der Waals surface area contributed by atoms with Crippen LogP contribution in [0.15, 0.2) is 30.9 Å². The largest absolute Gasteiger partial charge is 0.493 e. The number of hydrogen-bond donors (Lipinski definition) is 0. The Labute approximate surface area is 133 Å². The summed E-state index contributed by atoms with van der Waals surface area (Å²) in [6.45, 7) is 3.36. The summed E-state index contributed by atoms with van der Waals surface area (Å²) in [5, 5.41) is 11.1. The number of imidazole rings is 1. The molecule has 0 saturated carbocycles. The Hall–Kier alpha value is -2.90. The van der Waals surface area contributed by atoms with Gasteiger partial charge in [0.1, 0.15) is 12.2 Å². The predicted octanol–water partition coefficient (Wildman–Crippen LogP) is 1.56. The first kappa shape index (κ1) is 15.0. The van der Waals surface area contributed by atoms with Crippen molar-refractivity contribution < 1.29 is 9.47 Å². The SMILES string of the molecule is COc1cc(C)cc(-c2nccn2CCn2cnnn2)c1OC. The highest BCUT2D eigenvalue weighted by molar-refractivity contribution is 5.70. The average Bonchev–Trinajstić information content (AvgIpc) is 3.23. The highest BCUT2D eigenvalue weighted by atomic mass is 16.5. The standard InChI is InChI=1S/C15H18N6O2/c1-11-8-12(14(23-3)13(9-11)22-2)15-16-4-5-20(15)6-7-21-10-17-18-19-21/h4-5,8-10H,6-7H2,1-3H3. The van der Waals surface area contributed by atoms with Crippen LogP contribution in [0.5, 0.6) is 11.5 Å². The molecule has 0 aliphatic carbocycles. The number of benzene rings is 1. The third-order valence-electron chi connectivity index (χ3n) is 3.54. The summed E-state index contributed by atoms with van der Waals surface area (Å²) in [5.41, 5.74) is 1.97. The number of methoxy groups -OCH3 is 2. The molecule has 2 heterocycles. The van der Waals surface area contributed by atoms with Gasteiger partial charge in [0.2, 0.25) is 0 Å². The van der Waals surface area contributed by atoms with Gasteiger partial charge < -0.3 is 14.0 Å². The van der Waals surface area contributed by atoms with Gasteiger partial charge in [0.25, 0.3) is 0 Å². The fourth-order valence-corrected chi connectivity index (χ4v) is 2.49. The number of aryl methyl sites for hydroxylation is 3. The van der Waals surface area contributed by atoms with E-state index in [1.165, 1.54) is 0 Å². The number of nitrogens with zero attached hydrogens (tertiary/aromatic N) is 6. The lowest BCUT2D eigenvalue weighted by atomic mass is 10.1. The average molecular weight is 314 g/mol. The minimum Gasteiger partial charge on any atom is -0.493 e. The lowest BCUT2D eigenvalue weighted by molar-refractivity contribution is 0.355. The van der Waals surface area contributed by atoms with Gasteiger partial charge in [-0.15, -0.1) is 5.10 Å². The molecule has 0 unspecified atom stereocenters. The summed E-state index contributed by atoms with van der Waals surface area (Å²) >= 11 is 0. The maximum absolute atomic E-state index is 5.54. The monoisotopic (exact) mass is 314 g/mol. The van der Waals surface area contributed by atoms with Gasteiger partial charge in [0.15, 0.2) is 11.5 Å². The predicted molar refractivity (Wildman–Crippen MR) is 83.3 cm³/mol. The van der Waals surface area contributed by atoms with E-state index in [9.17, 15) is 0 Å². The van der Waals surface area contributed by atoms with Crippen molar-refractivity contribution in [1.82, 2.24) is 29.8 Å². The van der Waals surface area contributed by atoms with E-state index in [1.54, 1.807) is 31.4 Å². The Kier molecular flexibility index (Phi) is 4.22. The number of tetrazole rings is 1. The zero-order chi connectivity index (χ0) is 16.2. The first-order valence-corrected chi connectivity index (χ1v) is 7.18. The summed E-state index contributed by atoms with van der Waals surface area (Å²) in [6.07, 6.45) is 5.28. The molecule has 0 fully saturated rings. The fraction of sp³-hybridized carbons (Fsp3) is 0.333. The van der Waals surface area contributed by atoms with Crippen molar-refractivity contribution in [3.8, 4) is 22.9 Å². The first-order chi connectivity index (χ1) is 11.2. The Morgan fingerprint density at radius 2 is 2.00 bits per heavy atom. The van der Waals surface area contributed by atoms with Gasteiger partial charge in [0, 0.05) is 18.9 Å². The molecule has 0 bridgehead atoms. The van der Waals surface area contributed by atoms with E-state index in [-0.39, 0.29) is 0 Å². The van der Waals surface area contributed by atoms with Crippen LogP contribution in [-0.4, -0.2) is 44.0 Å². The van der Waals surface area contributed by atoms with Crippen molar-refractivity contribution in [3.05, 3.63) is 36.4 Å². The smallest absolute Gasteiger partial charge is 0.171 e. The summed E-state index contributed by atoms with van der Waals surface area (Å²) in [6, 6.07) is 3.98. The van der Waals surface area contributed by atoms with Crippen LogP contribution in [-0.2, 0) is 13.1 Å². The fourth-order valence-electron chi connectivity index (χ4n) is 2.49. The molecule has 0 atom stereocenters. The lowest BCUT2D eigenvalue weighted by Gasteiger charge is -2.15. The van der Waals surface area contributed by atoms with Gasteiger partial charge in [0.05, 0.1) is 26.3 Å². The molecule has 120 valence electrons. The zero-order valence-electron chi connectivity index (χ0n) is 13.3. The molecule has 3 aromatic rings.